The van der Waals surface area contributed by atoms with Gasteiger partial charge in [-0.15, -0.1) is 11.8 Å². The number of para-hydroxylation sites is 2. The van der Waals surface area contributed by atoms with Gasteiger partial charge in [0.15, 0.2) is 0 Å². The summed E-state index contributed by atoms with van der Waals surface area (Å²) in [6, 6.07) is 14.2. The third kappa shape index (κ3) is 5.76. The number of carbonyl (C=O) groups excluding carboxylic acids is 2. The predicted octanol–water partition coefficient (Wildman–Crippen LogP) is 4.95. The van der Waals surface area contributed by atoms with Crippen LogP contribution in [0.3, 0.4) is 0 Å². The van der Waals surface area contributed by atoms with E-state index < -0.39 is 0 Å². The van der Waals surface area contributed by atoms with Crippen LogP contribution in [0.2, 0.25) is 0 Å². The highest BCUT2D eigenvalue weighted by molar-refractivity contribution is 8.00. The Morgan fingerprint density at radius 2 is 1.71 bits per heavy atom. The van der Waals surface area contributed by atoms with Crippen LogP contribution in [-0.4, -0.2) is 29.9 Å². The molecule has 1 saturated carbocycles. The van der Waals surface area contributed by atoms with E-state index in [-0.39, 0.29) is 11.8 Å². The van der Waals surface area contributed by atoms with Gasteiger partial charge in [0, 0.05) is 16.5 Å². The van der Waals surface area contributed by atoms with Crippen LogP contribution in [0.25, 0.3) is 0 Å². The van der Waals surface area contributed by atoms with Gasteiger partial charge in [0.1, 0.15) is 5.75 Å². The number of amides is 2. The lowest BCUT2D eigenvalue weighted by molar-refractivity contribution is -0.113. The molecule has 2 aromatic carbocycles. The van der Waals surface area contributed by atoms with Crippen molar-refractivity contribution in [3.63, 3.8) is 0 Å². The van der Waals surface area contributed by atoms with Gasteiger partial charge in [-0.05, 0) is 49.2 Å². The first kappa shape index (κ1) is 20.3. The molecule has 2 amide bonds. The topological polar surface area (TPSA) is 67.4 Å². The van der Waals surface area contributed by atoms with Gasteiger partial charge in [0.2, 0.25) is 5.91 Å². The smallest absolute Gasteiger partial charge is 0.255 e. The van der Waals surface area contributed by atoms with E-state index in [2.05, 4.69) is 10.6 Å². The summed E-state index contributed by atoms with van der Waals surface area (Å²) in [5.41, 5.74) is 1.83. The minimum Gasteiger partial charge on any atom is -0.495 e. The molecule has 148 valence electrons. The first-order chi connectivity index (χ1) is 13.7. The van der Waals surface area contributed by atoms with E-state index in [0.717, 1.165) is 0 Å². The maximum Gasteiger partial charge on any atom is 0.255 e. The number of hydrogen-bond acceptors (Lipinski definition) is 4. The summed E-state index contributed by atoms with van der Waals surface area (Å²) < 4.78 is 5.25. The van der Waals surface area contributed by atoms with Gasteiger partial charge in [-0.3, -0.25) is 9.59 Å². The molecule has 0 bridgehead atoms. The van der Waals surface area contributed by atoms with Gasteiger partial charge in [0.05, 0.1) is 18.6 Å². The van der Waals surface area contributed by atoms with Crippen LogP contribution in [0, 0.1) is 0 Å². The minimum atomic E-state index is -0.227. The molecular formula is C22H26N2O3S. The molecule has 2 aromatic rings. The van der Waals surface area contributed by atoms with E-state index in [4.69, 9.17) is 4.74 Å². The van der Waals surface area contributed by atoms with Crippen molar-refractivity contribution < 1.29 is 14.3 Å². The molecular weight excluding hydrogens is 372 g/mol. The molecule has 1 aliphatic carbocycles. The summed E-state index contributed by atoms with van der Waals surface area (Å²) in [6.07, 6.45) is 6.30. The van der Waals surface area contributed by atoms with Crippen LogP contribution in [0.4, 0.5) is 11.4 Å². The number of methoxy groups -OCH3 is 1. The minimum absolute atomic E-state index is 0.00166. The fourth-order valence-corrected chi connectivity index (χ4v) is 4.40. The largest absolute Gasteiger partial charge is 0.495 e. The van der Waals surface area contributed by atoms with E-state index in [1.54, 1.807) is 55.3 Å². The lowest BCUT2D eigenvalue weighted by Crippen LogP contribution is -2.18. The monoisotopic (exact) mass is 398 g/mol. The number of rotatable bonds is 7. The summed E-state index contributed by atoms with van der Waals surface area (Å²) in [6.45, 7) is 0. The van der Waals surface area contributed by atoms with Crippen LogP contribution >= 0.6 is 11.8 Å². The van der Waals surface area contributed by atoms with E-state index in [1.165, 1.54) is 32.1 Å². The van der Waals surface area contributed by atoms with Gasteiger partial charge in [-0.1, -0.05) is 31.4 Å². The summed E-state index contributed by atoms with van der Waals surface area (Å²) in [5.74, 6) is 0.855. The second-order valence-corrected chi connectivity index (χ2v) is 8.14. The lowest BCUT2D eigenvalue weighted by Gasteiger charge is -2.20. The second-order valence-electron chi connectivity index (χ2n) is 6.85. The van der Waals surface area contributed by atoms with Crippen molar-refractivity contribution in [2.24, 2.45) is 0 Å². The number of anilines is 2. The summed E-state index contributed by atoms with van der Waals surface area (Å²) in [7, 11) is 1.56. The number of nitrogens with one attached hydrogen (secondary N) is 2. The Kier molecular flexibility index (Phi) is 7.37. The van der Waals surface area contributed by atoms with Crippen molar-refractivity contribution in [1.29, 1.82) is 0 Å². The molecule has 0 aliphatic heterocycles. The standard InChI is InChI=1S/C22H26N2O3S/c1-27-20-10-6-5-9-19(20)24-22(26)16-11-13-17(14-12-16)23-21(25)15-28-18-7-3-2-4-8-18/h5-6,9-14,18H,2-4,7-8,15H2,1H3,(H,23,25)(H,24,26). The van der Waals surface area contributed by atoms with Crippen LogP contribution in [0.1, 0.15) is 42.5 Å². The Morgan fingerprint density at radius 1 is 1.00 bits per heavy atom. The average Bonchev–Trinajstić information content (AvgIpc) is 2.74. The average molecular weight is 399 g/mol. The van der Waals surface area contributed by atoms with Gasteiger partial charge in [0.25, 0.3) is 5.91 Å². The van der Waals surface area contributed by atoms with Crippen molar-refractivity contribution in [3.8, 4) is 5.75 Å². The molecule has 5 nitrogen and oxygen atoms in total. The normalized spacial score (nSPS) is 14.3. The molecule has 0 atom stereocenters. The van der Waals surface area contributed by atoms with Crippen LogP contribution < -0.4 is 15.4 Å². The maximum absolute atomic E-state index is 12.4. The third-order valence-electron chi connectivity index (χ3n) is 4.79. The summed E-state index contributed by atoms with van der Waals surface area (Å²) >= 11 is 1.75. The number of thioether (sulfide) groups is 1. The van der Waals surface area contributed by atoms with Crippen LogP contribution in [0.5, 0.6) is 5.75 Å². The van der Waals surface area contributed by atoms with Crippen LogP contribution in [0.15, 0.2) is 48.5 Å². The highest BCUT2D eigenvalue weighted by atomic mass is 32.2. The molecule has 3 rings (SSSR count). The number of benzene rings is 2. The van der Waals surface area contributed by atoms with Crippen molar-refractivity contribution in [3.05, 3.63) is 54.1 Å². The SMILES string of the molecule is COc1ccccc1NC(=O)c1ccc(NC(=O)CSC2CCCCC2)cc1. The maximum atomic E-state index is 12.4. The Morgan fingerprint density at radius 3 is 2.43 bits per heavy atom. The van der Waals surface area contributed by atoms with E-state index in [0.29, 0.717) is 33.7 Å². The summed E-state index contributed by atoms with van der Waals surface area (Å²) in [5, 5.41) is 6.36. The Labute approximate surface area is 170 Å². The molecule has 1 aliphatic rings. The molecule has 0 unspecified atom stereocenters. The molecule has 0 saturated heterocycles. The van der Waals surface area contributed by atoms with E-state index >= 15 is 0 Å². The molecule has 2 N–H and O–H groups in total. The zero-order valence-electron chi connectivity index (χ0n) is 16.1. The first-order valence-corrected chi connectivity index (χ1v) is 10.7. The van der Waals surface area contributed by atoms with E-state index in [9.17, 15) is 9.59 Å². The zero-order valence-corrected chi connectivity index (χ0v) is 16.9. The van der Waals surface area contributed by atoms with E-state index in [1.807, 2.05) is 12.1 Å². The highest BCUT2D eigenvalue weighted by Gasteiger charge is 2.15. The van der Waals surface area contributed by atoms with Crippen molar-refractivity contribution in [2.45, 2.75) is 37.4 Å². The van der Waals surface area contributed by atoms with Gasteiger partial charge in [-0.2, -0.15) is 0 Å². The fraction of sp³-hybridized carbons (Fsp3) is 0.364. The Bertz CT molecular complexity index is 802. The first-order valence-electron chi connectivity index (χ1n) is 9.61. The van der Waals surface area contributed by atoms with Gasteiger partial charge < -0.3 is 15.4 Å². The Balaban J connectivity index is 1.51. The fourth-order valence-electron chi connectivity index (χ4n) is 3.27. The summed E-state index contributed by atoms with van der Waals surface area (Å²) in [4.78, 5) is 24.6. The highest BCUT2D eigenvalue weighted by Crippen LogP contribution is 2.28. The van der Waals surface area contributed by atoms with Gasteiger partial charge in [-0.25, -0.2) is 0 Å². The molecule has 0 spiro atoms. The molecule has 6 heteroatoms. The quantitative estimate of drug-likeness (QED) is 0.692. The molecule has 0 radical (unpaired) electrons. The van der Waals surface area contributed by atoms with Crippen molar-refractivity contribution in [1.82, 2.24) is 0 Å². The lowest BCUT2D eigenvalue weighted by atomic mass is 10.0. The Hall–Kier alpha value is -2.47. The molecule has 0 aromatic heterocycles. The predicted molar refractivity (Wildman–Crippen MR) is 115 cm³/mol. The number of ether oxygens (including phenoxy) is 1. The third-order valence-corrected chi connectivity index (χ3v) is 6.16. The van der Waals surface area contributed by atoms with Crippen molar-refractivity contribution in [2.75, 3.05) is 23.5 Å². The van der Waals surface area contributed by atoms with Crippen molar-refractivity contribution >= 4 is 35.0 Å². The van der Waals surface area contributed by atoms with Gasteiger partial charge >= 0.3 is 0 Å². The zero-order chi connectivity index (χ0) is 19.8. The molecule has 28 heavy (non-hydrogen) atoms. The number of hydrogen-bond donors (Lipinski definition) is 2. The number of carbonyl (C=O) groups is 2. The molecule has 0 heterocycles. The second kappa shape index (κ2) is 10.2. The molecule has 1 fully saturated rings. The van der Waals surface area contributed by atoms with Crippen LogP contribution in [-0.2, 0) is 4.79 Å².